The lowest BCUT2D eigenvalue weighted by Gasteiger charge is -1.98. The van der Waals surface area contributed by atoms with E-state index in [0.717, 1.165) is 6.42 Å². The van der Waals surface area contributed by atoms with E-state index in [1.807, 2.05) is 0 Å². The first-order valence-corrected chi connectivity index (χ1v) is 4.75. The largest absolute Gasteiger partial charge is 0.300 e. The van der Waals surface area contributed by atoms with Crippen molar-refractivity contribution < 1.29 is 4.79 Å². The average Bonchev–Trinajstić information content (AvgIpc) is 2.85. The molecule has 1 fully saturated rings. The van der Waals surface area contributed by atoms with Crippen molar-refractivity contribution in [3.05, 3.63) is 35.4 Å². The number of carbonyl (C=O) groups excluding carboxylic acids is 1. The summed E-state index contributed by atoms with van der Waals surface area (Å²) in [5.41, 5.74) is 2.61. The van der Waals surface area contributed by atoms with Gasteiger partial charge >= 0.3 is 0 Å². The minimum Gasteiger partial charge on any atom is -0.300 e. The summed E-state index contributed by atoms with van der Waals surface area (Å²) >= 11 is 0. The minimum atomic E-state index is 0.308. The standard InChI is InChI=1S/C12H14O/c1-8-3-5-10(6-4-8)12-7-11(12)9(2)13/h3-6,11-12H,7H2,1-2H3/t11-,12-/m0/s1. The van der Waals surface area contributed by atoms with Crippen LogP contribution in [0.4, 0.5) is 0 Å². The Hall–Kier alpha value is -1.11. The third-order valence-electron chi connectivity index (χ3n) is 2.82. The lowest BCUT2D eigenvalue weighted by Crippen LogP contribution is -1.94. The first kappa shape index (κ1) is 8.49. The Bertz CT molecular complexity index is 323. The van der Waals surface area contributed by atoms with Gasteiger partial charge in [0.05, 0.1) is 0 Å². The Morgan fingerprint density at radius 3 is 2.38 bits per heavy atom. The van der Waals surface area contributed by atoms with Crippen LogP contribution >= 0.6 is 0 Å². The normalized spacial score (nSPS) is 25.7. The quantitative estimate of drug-likeness (QED) is 0.673. The van der Waals surface area contributed by atoms with Gasteiger partial charge in [0.2, 0.25) is 0 Å². The van der Waals surface area contributed by atoms with Crippen LogP contribution in [0.3, 0.4) is 0 Å². The molecule has 0 bridgehead atoms. The molecule has 0 radical (unpaired) electrons. The molecule has 1 aromatic rings. The Kier molecular flexibility index (Phi) is 1.95. The highest BCUT2D eigenvalue weighted by Gasteiger charge is 2.41. The summed E-state index contributed by atoms with van der Waals surface area (Å²) in [5.74, 6) is 1.16. The molecule has 0 aromatic heterocycles. The van der Waals surface area contributed by atoms with Gasteiger partial charge in [0.1, 0.15) is 5.78 Å². The number of hydrogen-bond donors (Lipinski definition) is 0. The molecule has 0 N–H and O–H groups in total. The molecule has 2 rings (SSSR count). The number of hydrogen-bond acceptors (Lipinski definition) is 1. The maximum absolute atomic E-state index is 11.1. The van der Waals surface area contributed by atoms with Crippen molar-refractivity contribution in [1.82, 2.24) is 0 Å². The fourth-order valence-corrected chi connectivity index (χ4v) is 1.83. The summed E-state index contributed by atoms with van der Waals surface area (Å²) in [7, 11) is 0. The van der Waals surface area contributed by atoms with Crippen molar-refractivity contribution in [1.29, 1.82) is 0 Å². The molecule has 1 aliphatic carbocycles. The fraction of sp³-hybridized carbons (Fsp3) is 0.417. The molecule has 2 atom stereocenters. The molecule has 1 nitrogen and oxygen atoms in total. The van der Waals surface area contributed by atoms with Gasteiger partial charge in [0, 0.05) is 5.92 Å². The Morgan fingerprint density at radius 1 is 1.31 bits per heavy atom. The Balaban J connectivity index is 2.12. The molecule has 0 heterocycles. The average molecular weight is 174 g/mol. The summed E-state index contributed by atoms with van der Waals surface area (Å²) < 4.78 is 0. The second kappa shape index (κ2) is 2.99. The van der Waals surface area contributed by atoms with Crippen LogP contribution < -0.4 is 0 Å². The van der Waals surface area contributed by atoms with Gasteiger partial charge in [0.15, 0.2) is 0 Å². The highest BCUT2D eigenvalue weighted by Crippen LogP contribution is 2.47. The molecule has 1 aliphatic rings. The highest BCUT2D eigenvalue weighted by atomic mass is 16.1. The van der Waals surface area contributed by atoms with Crippen LogP contribution in [0.1, 0.15) is 30.4 Å². The van der Waals surface area contributed by atoms with E-state index in [0.29, 0.717) is 17.6 Å². The van der Waals surface area contributed by atoms with Crippen molar-refractivity contribution in [3.8, 4) is 0 Å². The summed E-state index contributed by atoms with van der Waals surface area (Å²) in [6, 6.07) is 8.52. The van der Waals surface area contributed by atoms with Crippen molar-refractivity contribution in [2.45, 2.75) is 26.2 Å². The van der Waals surface area contributed by atoms with Crippen molar-refractivity contribution >= 4 is 5.78 Å². The zero-order chi connectivity index (χ0) is 9.42. The maximum atomic E-state index is 11.1. The van der Waals surface area contributed by atoms with Crippen LogP contribution in [0, 0.1) is 12.8 Å². The van der Waals surface area contributed by atoms with Crippen LogP contribution in [0.5, 0.6) is 0 Å². The molecule has 0 amide bonds. The summed E-state index contributed by atoms with van der Waals surface area (Å²) in [6.07, 6.45) is 1.05. The van der Waals surface area contributed by atoms with E-state index in [2.05, 4.69) is 31.2 Å². The van der Waals surface area contributed by atoms with E-state index in [9.17, 15) is 4.79 Å². The number of benzene rings is 1. The van der Waals surface area contributed by atoms with E-state index in [4.69, 9.17) is 0 Å². The molecule has 1 heteroatoms. The van der Waals surface area contributed by atoms with E-state index >= 15 is 0 Å². The second-order valence-electron chi connectivity index (χ2n) is 3.97. The summed E-state index contributed by atoms with van der Waals surface area (Å²) in [6.45, 7) is 3.78. The zero-order valence-electron chi connectivity index (χ0n) is 8.08. The van der Waals surface area contributed by atoms with Crippen molar-refractivity contribution in [2.24, 2.45) is 5.92 Å². The lowest BCUT2D eigenvalue weighted by molar-refractivity contribution is -0.118. The van der Waals surface area contributed by atoms with E-state index in [-0.39, 0.29) is 0 Å². The molecule has 1 saturated carbocycles. The second-order valence-corrected chi connectivity index (χ2v) is 3.97. The minimum absolute atomic E-state index is 0.308. The van der Waals surface area contributed by atoms with Gasteiger partial charge in [-0.15, -0.1) is 0 Å². The number of Topliss-reactive ketones (excluding diaryl/α,β-unsaturated/α-hetero) is 1. The van der Waals surface area contributed by atoms with Gasteiger partial charge in [-0.1, -0.05) is 29.8 Å². The van der Waals surface area contributed by atoms with Gasteiger partial charge < -0.3 is 0 Å². The summed E-state index contributed by atoms with van der Waals surface area (Å²) in [5, 5.41) is 0. The van der Waals surface area contributed by atoms with Gasteiger partial charge in [-0.3, -0.25) is 4.79 Å². The van der Waals surface area contributed by atoms with Crippen molar-refractivity contribution in [2.75, 3.05) is 0 Å². The number of carbonyl (C=O) groups is 1. The van der Waals surface area contributed by atoms with Crippen LogP contribution in [0.25, 0.3) is 0 Å². The third-order valence-corrected chi connectivity index (χ3v) is 2.82. The van der Waals surface area contributed by atoms with E-state index < -0.39 is 0 Å². The highest BCUT2D eigenvalue weighted by molar-refractivity contribution is 5.82. The topological polar surface area (TPSA) is 17.1 Å². The Labute approximate surface area is 78.8 Å². The van der Waals surface area contributed by atoms with E-state index in [1.54, 1.807) is 6.92 Å². The number of rotatable bonds is 2. The molecule has 1 aromatic carbocycles. The van der Waals surface area contributed by atoms with Crippen LogP contribution in [0.15, 0.2) is 24.3 Å². The molecule has 0 saturated heterocycles. The first-order valence-electron chi connectivity index (χ1n) is 4.75. The molecule has 0 unspecified atom stereocenters. The van der Waals surface area contributed by atoms with Crippen molar-refractivity contribution in [3.63, 3.8) is 0 Å². The van der Waals surface area contributed by atoms with Gasteiger partial charge in [0.25, 0.3) is 0 Å². The third kappa shape index (κ3) is 1.64. The molecule has 0 aliphatic heterocycles. The van der Waals surface area contributed by atoms with Crippen LogP contribution in [0.2, 0.25) is 0 Å². The molecular weight excluding hydrogens is 160 g/mol. The smallest absolute Gasteiger partial charge is 0.133 e. The van der Waals surface area contributed by atoms with Gasteiger partial charge in [-0.2, -0.15) is 0 Å². The van der Waals surface area contributed by atoms with Crippen LogP contribution in [-0.4, -0.2) is 5.78 Å². The molecular formula is C12H14O. The number of aryl methyl sites for hydroxylation is 1. The molecule has 13 heavy (non-hydrogen) atoms. The molecule has 68 valence electrons. The van der Waals surface area contributed by atoms with Gasteiger partial charge in [-0.25, -0.2) is 0 Å². The fourth-order valence-electron chi connectivity index (χ4n) is 1.83. The lowest BCUT2D eigenvalue weighted by atomic mass is 10.1. The molecule has 0 spiro atoms. The SMILES string of the molecule is CC(=O)[C@@H]1C[C@H]1c1ccc(C)cc1. The van der Waals surface area contributed by atoms with E-state index in [1.165, 1.54) is 11.1 Å². The first-order chi connectivity index (χ1) is 6.18. The van der Waals surface area contributed by atoms with Gasteiger partial charge in [-0.05, 0) is 31.7 Å². The maximum Gasteiger partial charge on any atom is 0.133 e. The summed E-state index contributed by atoms with van der Waals surface area (Å²) in [4.78, 5) is 11.1. The number of ketones is 1. The zero-order valence-corrected chi connectivity index (χ0v) is 8.08. The predicted molar refractivity (Wildman–Crippen MR) is 52.7 cm³/mol. The Morgan fingerprint density at radius 2 is 1.92 bits per heavy atom. The predicted octanol–water partition coefficient (Wildman–Crippen LogP) is 2.69. The van der Waals surface area contributed by atoms with Crippen LogP contribution in [-0.2, 0) is 4.79 Å². The monoisotopic (exact) mass is 174 g/mol.